The minimum absolute atomic E-state index is 0.125. The number of aromatic nitrogens is 3. The molecule has 3 aromatic carbocycles. The van der Waals surface area contributed by atoms with E-state index >= 15 is 0 Å². The van der Waals surface area contributed by atoms with Crippen molar-refractivity contribution < 1.29 is 4.79 Å². The van der Waals surface area contributed by atoms with Gasteiger partial charge in [-0.25, -0.2) is 4.98 Å². The minimum Gasteiger partial charge on any atom is -0.349 e. The number of hydrogen-bond donors (Lipinski definition) is 2. The van der Waals surface area contributed by atoms with Crippen molar-refractivity contribution in [1.82, 2.24) is 14.5 Å². The number of aromatic amines is 1. The summed E-state index contributed by atoms with van der Waals surface area (Å²) in [6.45, 7) is 4.00. The molecule has 0 radical (unpaired) electrons. The Balaban J connectivity index is 1.55. The molecule has 0 aliphatic rings. The lowest BCUT2D eigenvalue weighted by atomic mass is 10.2. The van der Waals surface area contributed by atoms with Crippen LogP contribution in [0.5, 0.6) is 0 Å². The number of benzene rings is 3. The first-order valence-electron chi connectivity index (χ1n) is 10.6. The number of anilines is 1. The zero-order valence-electron chi connectivity index (χ0n) is 18.3. The number of nitrogens with one attached hydrogen (secondary N) is 2. The number of amides is 1. The fourth-order valence-electron chi connectivity index (χ4n) is 3.72. The summed E-state index contributed by atoms with van der Waals surface area (Å²) in [6.07, 6.45) is 0. The van der Waals surface area contributed by atoms with Crippen LogP contribution in [0.4, 0.5) is 5.69 Å². The molecule has 2 aromatic heterocycles. The average molecular weight is 455 g/mol. The standard InChI is InChI=1S/C26H22N4O2S/c1-16-7-11-18(12-8-16)27-22(31)15-33-26-29-23-20-5-3-4-6-21(20)28-24(23)25(32)30(26)19-13-9-17(2)10-14-19/h3-14,28H,15H2,1-2H3,(H,27,31). The SMILES string of the molecule is Cc1ccc(NC(=O)CSc2nc3c([nH]c4ccccc43)c(=O)n2-c2ccc(C)cc2)cc1. The van der Waals surface area contributed by atoms with Crippen LogP contribution in [0.25, 0.3) is 27.6 Å². The molecule has 2 N–H and O–H groups in total. The predicted molar refractivity (Wildman–Crippen MR) is 134 cm³/mol. The third-order valence-corrected chi connectivity index (χ3v) is 6.39. The lowest BCUT2D eigenvalue weighted by Gasteiger charge is -2.12. The number of para-hydroxylation sites is 1. The molecule has 0 saturated heterocycles. The third-order valence-electron chi connectivity index (χ3n) is 5.45. The molecule has 0 saturated carbocycles. The van der Waals surface area contributed by atoms with Gasteiger partial charge in [-0.1, -0.05) is 65.4 Å². The van der Waals surface area contributed by atoms with Gasteiger partial charge in [0, 0.05) is 16.6 Å². The number of fused-ring (bicyclic) bond motifs is 3. The van der Waals surface area contributed by atoms with Crippen LogP contribution < -0.4 is 10.9 Å². The van der Waals surface area contributed by atoms with E-state index in [9.17, 15) is 9.59 Å². The van der Waals surface area contributed by atoms with Crippen LogP contribution in [0, 0.1) is 13.8 Å². The predicted octanol–water partition coefficient (Wildman–Crippen LogP) is 5.21. The molecule has 0 bridgehead atoms. The number of thioether (sulfide) groups is 1. The number of H-pyrrole nitrogens is 1. The van der Waals surface area contributed by atoms with Crippen LogP contribution in [0.2, 0.25) is 0 Å². The summed E-state index contributed by atoms with van der Waals surface area (Å²) in [5.74, 6) is -0.0346. The fourth-order valence-corrected chi connectivity index (χ4v) is 4.53. The highest BCUT2D eigenvalue weighted by molar-refractivity contribution is 7.99. The second-order valence-corrected chi connectivity index (χ2v) is 8.91. The van der Waals surface area contributed by atoms with Crippen LogP contribution in [0.15, 0.2) is 82.7 Å². The highest BCUT2D eigenvalue weighted by Crippen LogP contribution is 2.26. The van der Waals surface area contributed by atoms with Crippen LogP contribution >= 0.6 is 11.8 Å². The molecule has 0 unspecified atom stereocenters. The number of rotatable bonds is 5. The van der Waals surface area contributed by atoms with Gasteiger partial charge in [0.15, 0.2) is 5.16 Å². The van der Waals surface area contributed by atoms with E-state index in [2.05, 4.69) is 10.3 Å². The Morgan fingerprint density at radius 1 is 0.970 bits per heavy atom. The first-order chi connectivity index (χ1) is 16.0. The molecule has 0 aliphatic heterocycles. The van der Waals surface area contributed by atoms with Crippen molar-refractivity contribution in [3.05, 3.63) is 94.3 Å². The summed E-state index contributed by atoms with van der Waals surface area (Å²) in [5.41, 5.74) is 5.39. The fraction of sp³-hybridized carbons (Fsp3) is 0.115. The Morgan fingerprint density at radius 3 is 2.36 bits per heavy atom. The first kappa shape index (κ1) is 21.0. The Morgan fingerprint density at radius 2 is 1.64 bits per heavy atom. The van der Waals surface area contributed by atoms with Crippen LogP contribution in [0.1, 0.15) is 11.1 Å². The Labute approximate surface area is 194 Å². The summed E-state index contributed by atoms with van der Waals surface area (Å²) in [6, 6.07) is 23.0. The van der Waals surface area contributed by atoms with E-state index < -0.39 is 0 Å². The van der Waals surface area contributed by atoms with Crippen molar-refractivity contribution in [2.75, 3.05) is 11.1 Å². The van der Waals surface area contributed by atoms with Crippen molar-refractivity contribution in [3.63, 3.8) is 0 Å². The third kappa shape index (κ3) is 4.15. The van der Waals surface area contributed by atoms with Crippen LogP contribution in [0.3, 0.4) is 0 Å². The normalized spacial score (nSPS) is 11.2. The Bertz CT molecular complexity index is 1530. The number of carbonyl (C=O) groups is 1. The molecule has 0 fully saturated rings. The van der Waals surface area contributed by atoms with Crippen LogP contribution in [-0.4, -0.2) is 26.2 Å². The van der Waals surface area contributed by atoms with Gasteiger partial charge in [-0.05, 0) is 44.2 Å². The quantitative estimate of drug-likeness (QED) is 0.282. The number of nitrogens with zero attached hydrogens (tertiary/aromatic N) is 2. The summed E-state index contributed by atoms with van der Waals surface area (Å²) in [5, 5.41) is 4.25. The molecule has 33 heavy (non-hydrogen) atoms. The highest BCUT2D eigenvalue weighted by atomic mass is 32.2. The van der Waals surface area contributed by atoms with E-state index in [0.29, 0.717) is 21.9 Å². The summed E-state index contributed by atoms with van der Waals surface area (Å²) in [7, 11) is 0. The number of carbonyl (C=O) groups excluding carboxylic acids is 1. The van der Waals surface area contributed by atoms with Gasteiger partial charge in [0.1, 0.15) is 11.0 Å². The lowest BCUT2D eigenvalue weighted by molar-refractivity contribution is -0.113. The summed E-state index contributed by atoms with van der Waals surface area (Å²) < 4.78 is 1.57. The van der Waals surface area contributed by atoms with E-state index in [-0.39, 0.29) is 17.2 Å². The first-order valence-corrected chi connectivity index (χ1v) is 11.6. The van der Waals surface area contributed by atoms with Gasteiger partial charge < -0.3 is 10.3 Å². The van der Waals surface area contributed by atoms with Crippen molar-refractivity contribution in [2.24, 2.45) is 0 Å². The van der Waals surface area contributed by atoms with Gasteiger partial charge >= 0.3 is 0 Å². The molecule has 2 heterocycles. The lowest BCUT2D eigenvalue weighted by Crippen LogP contribution is -2.23. The van der Waals surface area contributed by atoms with Crippen molar-refractivity contribution in [1.29, 1.82) is 0 Å². The zero-order valence-corrected chi connectivity index (χ0v) is 19.1. The van der Waals surface area contributed by atoms with Gasteiger partial charge in [0.05, 0.1) is 11.4 Å². The molecule has 164 valence electrons. The smallest absolute Gasteiger partial charge is 0.283 e. The molecule has 0 atom stereocenters. The van der Waals surface area contributed by atoms with Gasteiger partial charge in [-0.3, -0.25) is 14.2 Å². The monoisotopic (exact) mass is 454 g/mol. The van der Waals surface area contributed by atoms with E-state index in [1.165, 1.54) is 11.8 Å². The maximum absolute atomic E-state index is 13.5. The maximum atomic E-state index is 13.5. The summed E-state index contributed by atoms with van der Waals surface area (Å²) in [4.78, 5) is 34.2. The maximum Gasteiger partial charge on any atom is 0.283 e. The number of hydrogen-bond acceptors (Lipinski definition) is 4. The second kappa shape index (κ2) is 8.60. The summed E-state index contributed by atoms with van der Waals surface area (Å²) >= 11 is 1.24. The van der Waals surface area contributed by atoms with Gasteiger partial charge in [-0.2, -0.15) is 0 Å². The molecule has 1 amide bonds. The van der Waals surface area contributed by atoms with Crippen molar-refractivity contribution in [3.8, 4) is 5.69 Å². The minimum atomic E-state index is -0.193. The Hall–Kier alpha value is -3.84. The molecule has 5 rings (SSSR count). The molecular formula is C26H22N4O2S. The molecule has 5 aromatic rings. The molecular weight excluding hydrogens is 432 g/mol. The largest absolute Gasteiger partial charge is 0.349 e. The van der Waals surface area contributed by atoms with E-state index in [1.807, 2.05) is 86.6 Å². The highest BCUT2D eigenvalue weighted by Gasteiger charge is 2.18. The van der Waals surface area contributed by atoms with E-state index in [4.69, 9.17) is 4.98 Å². The van der Waals surface area contributed by atoms with Gasteiger partial charge in [-0.15, -0.1) is 0 Å². The number of aryl methyl sites for hydroxylation is 2. The van der Waals surface area contributed by atoms with Crippen LogP contribution in [-0.2, 0) is 4.79 Å². The average Bonchev–Trinajstić information content (AvgIpc) is 3.19. The second-order valence-electron chi connectivity index (χ2n) is 7.97. The molecule has 6 nitrogen and oxygen atoms in total. The molecule has 0 spiro atoms. The van der Waals surface area contributed by atoms with E-state index in [0.717, 1.165) is 27.7 Å². The van der Waals surface area contributed by atoms with Crippen molar-refractivity contribution in [2.45, 2.75) is 19.0 Å². The zero-order chi connectivity index (χ0) is 22.9. The van der Waals surface area contributed by atoms with Gasteiger partial charge in [0.2, 0.25) is 5.91 Å². The van der Waals surface area contributed by atoms with Crippen molar-refractivity contribution >= 4 is 45.3 Å². The topological polar surface area (TPSA) is 79.8 Å². The molecule has 7 heteroatoms. The van der Waals surface area contributed by atoms with E-state index in [1.54, 1.807) is 4.57 Å². The van der Waals surface area contributed by atoms with Gasteiger partial charge in [0.25, 0.3) is 5.56 Å². The molecule has 0 aliphatic carbocycles. The Kier molecular flexibility index (Phi) is 5.48.